The third-order valence-electron chi connectivity index (χ3n) is 5.72. The first-order chi connectivity index (χ1) is 16.3. The molecule has 0 fully saturated rings. The largest absolute Gasteiger partial charge is 1.00 e. The Hall–Kier alpha value is -3.27. The molecule has 0 heterocycles. The third kappa shape index (κ3) is 4.42. The van der Waals surface area contributed by atoms with Gasteiger partial charge in [-0.05, 0) is 29.3 Å². The molecule has 0 radical (unpaired) electrons. The van der Waals surface area contributed by atoms with Crippen LogP contribution in [0.3, 0.4) is 0 Å². The molecule has 0 atom stereocenters. The summed E-state index contributed by atoms with van der Waals surface area (Å²) in [4.78, 5) is 25.9. The molecule has 0 bridgehead atoms. The maximum absolute atomic E-state index is 13.4. The van der Waals surface area contributed by atoms with Gasteiger partial charge in [-0.15, -0.1) is 0 Å². The number of fused-ring (bicyclic) bond motifs is 2. The molecule has 0 spiro atoms. The molecule has 0 aliphatic heterocycles. The number of hydrogen-bond acceptors (Lipinski definition) is 7. The van der Waals surface area contributed by atoms with Gasteiger partial charge in [0.2, 0.25) is 0 Å². The van der Waals surface area contributed by atoms with E-state index in [1.807, 2.05) is 42.5 Å². The number of nitrogens with two attached hydrogens (primary N) is 1. The summed E-state index contributed by atoms with van der Waals surface area (Å²) in [6.45, 7) is 0. The maximum Gasteiger partial charge on any atom is 1.00 e. The Morgan fingerprint density at radius 3 is 1.91 bits per heavy atom. The van der Waals surface area contributed by atoms with Crippen molar-refractivity contribution < 1.29 is 52.1 Å². The Morgan fingerprint density at radius 2 is 1.29 bits per heavy atom. The minimum atomic E-state index is -5.03. The second-order valence-corrected chi connectivity index (χ2v) is 9.16. The van der Waals surface area contributed by atoms with Gasteiger partial charge in [-0.1, -0.05) is 66.7 Å². The van der Waals surface area contributed by atoms with Gasteiger partial charge in [-0.3, -0.25) is 9.59 Å². The number of nitrogens with one attached hydrogen (secondary N) is 1. The maximum atomic E-state index is 13.4. The molecular weight excluding hydrogens is 475 g/mol. The van der Waals surface area contributed by atoms with E-state index in [1.165, 1.54) is 12.1 Å². The van der Waals surface area contributed by atoms with Gasteiger partial charge in [0.05, 0.1) is 27.4 Å². The molecule has 0 amide bonds. The fraction of sp³-hybridized carbons (Fsp3) is 0. The van der Waals surface area contributed by atoms with Crippen molar-refractivity contribution in [2.75, 3.05) is 11.1 Å². The summed E-state index contributed by atoms with van der Waals surface area (Å²) < 4.78 is 35.9. The molecule has 3 N–H and O–H groups in total. The molecule has 35 heavy (non-hydrogen) atoms. The Bertz CT molecular complexity index is 1600. The molecule has 0 aromatic heterocycles. The average Bonchev–Trinajstić information content (AvgIpc) is 2.83. The van der Waals surface area contributed by atoms with Crippen LogP contribution < -0.4 is 40.6 Å². The zero-order chi connectivity index (χ0) is 24.0. The van der Waals surface area contributed by atoms with Gasteiger partial charge >= 0.3 is 29.6 Å². The molecule has 168 valence electrons. The molecule has 7 nitrogen and oxygen atoms in total. The van der Waals surface area contributed by atoms with Crippen molar-refractivity contribution >= 4 is 38.7 Å². The van der Waals surface area contributed by atoms with Crippen LogP contribution in [0.25, 0.3) is 11.1 Å². The van der Waals surface area contributed by atoms with E-state index >= 15 is 0 Å². The van der Waals surface area contributed by atoms with Gasteiger partial charge in [0.1, 0.15) is 10.1 Å². The van der Waals surface area contributed by atoms with Crippen LogP contribution in [0.1, 0.15) is 31.8 Å². The fourth-order valence-electron chi connectivity index (χ4n) is 4.16. The van der Waals surface area contributed by atoms with E-state index in [0.717, 1.165) is 17.2 Å². The Labute approximate surface area is 224 Å². The SMILES string of the molecule is Nc1c(S(=O)(=O)[O-])cc(Nc2cccc(-c3ccccc3)c2)c2c1C(=O)c1ccccc1C2=O.[Na+]. The quantitative estimate of drug-likeness (QED) is 0.220. The first kappa shape index (κ1) is 24.8. The van der Waals surface area contributed by atoms with Crippen LogP contribution in [-0.2, 0) is 10.1 Å². The first-order valence-electron chi connectivity index (χ1n) is 10.3. The van der Waals surface area contributed by atoms with Crippen LogP contribution in [-0.4, -0.2) is 24.5 Å². The summed E-state index contributed by atoms with van der Waals surface area (Å²) in [6.07, 6.45) is 0. The van der Waals surface area contributed by atoms with Gasteiger partial charge in [0.25, 0.3) is 0 Å². The minimum absolute atomic E-state index is 0. The van der Waals surface area contributed by atoms with Gasteiger partial charge in [-0.2, -0.15) is 0 Å². The number of nitrogen functional groups attached to an aromatic ring is 1. The number of benzene rings is 4. The average molecular weight is 492 g/mol. The molecular formula is C26H17N2NaO5S. The standard InChI is InChI=1S/C26H18N2O5S.Na/c27-24-21(34(31,32)33)14-20(22-23(24)26(30)19-12-5-4-11-18(19)25(22)29)28-17-10-6-9-16(13-17)15-7-2-1-3-8-15;/h1-14,28H,27H2,(H,31,32,33);/q;+1/p-1. The van der Waals surface area contributed by atoms with E-state index in [9.17, 15) is 22.6 Å². The normalized spacial score (nSPS) is 12.4. The summed E-state index contributed by atoms with van der Waals surface area (Å²) in [5.41, 5.74) is 7.74. The van der Waals surface area contributed by atoms with Crippen molar-refractivity contribution in [3.05, 3.63) is 107 Å². The fourth-order valence-corrected chi connectivity index (χ4v) is 4.80. The third-order valence-corrected chi connectivity index (χ3v) is 6.59. The van der Waals surface area contributed by atoms with Gasteiger partial charge < -0.3 is 15.6 Å². The van der Waals surface area contributed by atoms with Gasteiger partial charge in [0, 0.05) is 16.8 Å². The van der Waals surface area contributed by atoms with E-state index in [-0.39, 0.29) is 57.5 Å². The van der Waals surface area contributed by atoms with E-state index in [2.05, 4.69) is 5.32 Å². The topological polar surface area (TPSA) is 129 Å². The van der Waals surface area contributed by atoms with Crippen LogP contribution in [0.5, 0.6) is 0 Å². The van der Waals surface area contributed by atoms with E-state index in [1.54, 1.807) is 24.3 Å². The van der Waals surface area contributed by atoms with Crippen LogP contribution in [0.4, 0.5) is 17.1 Å². The van der Waals surface area contributed by atoms with Crippen molar-refractivity contribution in [3.8, 4) is 11.1 Å². The number of anilines is 3. The van der Waals surface area contributed by atoms with Crippen LogP contribution in [0.15, 0.2) is 89.8 Å². The molecule has 5 rings (SSSR count). The summed E-state index contributed by atoms with van der Waals surface area (Å²) in [5.74, 6) is -1.11. The smallest absolute Gasteiger partial charge is 0.744 e. The molecule has 1 aliphatic carbocycles. The van der Waals surface area contributed by atoms with Gasteiger partial charge in [-0.25, -0.2) is 8.42 Å². The van der Waals surface area contributed by atoms with Crippen molar-refractivity contribution in [2.24, 2.45) is 0 Å². The van der Waals surface area contributed by atoms with Crippen molar-refractivity contribution in [1.29, 1.82) is 0 Å². The number of ketones is 2. The van der Waals surface area contributed by atoms with Crippen LogP contribution in [0.2, 0.25) is 0 Å². The summed E-state index contributed by atoms with van der Waals surface area (Å²) >= 11 is 0. The Morgan fingerprint density at radius 1 is 0.714 bits per heavy atom. The first-order valence-corrected chi connectivity index (χ1v) is 11.7. The molecule has 0 saturated carbocycles. The van der Waals surface area contributed by atoms with Crippen molar-refractivity contribution in [2.45, 2.75) is 4.90 Å². The predicted octanol–water partition coefficient (Wildman–Crippen LogP) is 1.36. The molecule has 4 aromatic carbocycles. The summed E-state index contributed by atoms with van der Waals surface area (Å²) in [6, 6.07) is 24.0. The second-order valence-electron chi connectivity index (χ2n) is 7.82. The number of carbonyl (C=O) groups excluding carboxylic acids is 2. The van der Waals surface area contributed by atoms with Gasteiger partial charge in [0.15, 0.2) is 11.6 Å². The molecule has 0 unspecified atom stereocenters. The number of rotatable bonds is 4. The predicted molar refractivity (Wildman–Crippen MR) is 127 cm³/mol. The summed E-state index contributed by atoms with van der Waals surface area (Å²) in [7, 11) is -5.03. The molecule has 1 aliphatic rings. The summed E-state index contributed by atoms with van der Waals surface area (Å²) in [5, 5.41) is 3.03. The second kappa shape index (κ2) is 9.41. The molecule has 9 heteroatoms. The zero-order valence-corrected chi connectivity index (χ0v) is 21.4. The monoisotopic (exact) mass is 492 g/mol. The van der Waals surface area contributed by atoms with Crippen molar-refractivity contribution in [3.63, 3.8) is 0 Å². The number of carbonyl (C=O) groups is 2. The minimum Gasteiger partial charge on any atom is -0.744 e. The van der Waals surface area contributed by atoms with E-state index < -0.39 is 32.3 Å². The zero-order valence-electron chi connectivity index (χ0n) is 18.6. The van der Waals surface area contributed by atoms with E-state index in [4.69, 9.17) is 5.73 Å². The molecule has 0 saturated heterocycles. The van der Waals surface area contributed by atoms with Crippen LogP contribution in [0, 0.1) is 0 Å². The van der Waals surface area contributed by atoms with Crippen LogP contribution >= 0.6 is 0 Å². The number of hydrogen-bond donors (Lipinski definition) is 2. The Kier molecular flexibility index (Phi) is 6.68. The van der Waals surface area contributed by atoms with E-state index in [0.29, 0.717) is 5.69 Å². The molecule has 4 aromatic rings. The Balaban J connectivity index is 0.00000289. The van der Waals surface area contributed by atoms with Crippen molar-refractivity contribution in [1.82, 2.24) is 0 Å².